The minimum absolute atomic E-state index is 0.0715. The number of hydrogen-bond acceptors (Lipinski definition) is 4. The summed E-state index contributed by atoms with van der Waals surface area (Å²) in [6.45, 7) is 1.67. The van der Waals surface area contributed by atoms with Crippen LogP contribution in [0.5, 0.6) is 0 Å². The van der Waals surface area contributed by atoms with E-state index in [9.17, 15) is 9.59 Å². The SMILES string of the molecule is CC(=O)Nc1cccc(COC(=O)[C@@H]2C[C@@H]2c2cnn(C)c2)c1. The summed E-state index contributed by atoms with van der Waals surface area (Å²) in [4.78, 5) is 23.2. The number of ether oxygens (including phenoxy) is 1. The number of aromatic nitrogens is 2. The standard InChI is InChI=1S/C17H19N3O3/c1-11(21)19-14-5-3-4-12(6-14)10-23-17(22)16-7-15(16)13-8-18-20(2)9-13/h3-6,8-9,15-16H,7,10H2,1-2H3,(H,19,21)/t15-,16-/m1/s1. The molecule has 0 aliphatic heterocycles. The van der Waals surface area contributed by atoms with E-state index in [2.05, 4.69) is 10.4 Å². The number of esters is 1. The second kappa shape index (κ2) is 6.24. The molecule has 0 bridgehead atoms. The Bertz CT molecular complexity index is 738. The van der Waals surface area contributed by atoms with Crippen LogP contribution in [0, 0.1) is 5.92 Å². The number of hydrogen-bond donors (Lipinski definition) is 1. The molecule has 1 fully saturated rings. The summed E-state index contributed by atoms with van der Waals surface area (Å²) < 4.78 is 7.13. The Hall–Kier alpha value is -2.63. The number of carbonyl (C=O) groups excluding carboxylic acids is 2. The zero-order chi connectivity index (χ0) is 16.4. The molecule has 2 atom stereocenters. The largest absolute Gasteiger partial charge is 0.461 e. The van der Waals surface area contributed by atoms with Crippen LogP contribution < -0.4 is 5.32 Å². The molecule has 23 heavy (non-hydrogen) atoms. The molecule has 120 valence electrons. The summed E-state index contributed by atoms with van der Waals surface area (Å²) in [5, 5.41) is 6.84. The summed E-state index contributed by atoms with van der Waals surface area (Å²) in [6, 6.07) is 7.29. The molecule has 1 heterocycles. The lowest BCUT2D eigenvalue weighted by atomic mass is 10.2. The van der Waals surface area contributed by atoms with E-state index in [-0.39, 0.29) is 30.3 Å². The van der Waals surface area contributed by atoms with Gasteiger partial charge in [-0.2, -0.15) is 5.10 Å². The zero-order valence-electron chi connectivity index (χ0n) is 13.2. The van der Waals surface area contributed by atoms with Gasteiger partial charge in [0.2, 0.25) is 5.91 Å². The number of rotatable bonds is 5. The van der Waals surface area contributed by atoms with Crippen molar-refractivity contribution < 1.29 is 14.3 Å². The summed E-state index contributed by atoms with van der Waals surface area (Å²) in [5.41, 5.74) is 2.64. The van der Waals surface area contributed by atoms with Gasteiger partial charge in [-0.1, -0.05) is 12.1 Å². The second-order valence-electron chi connectivity index (χ2n) is 5.89. The molecule has 6 nitrogen and oxygen atoms in total. The van der Waals surface area contributed by atoms with Gasteiger partial charge in [-0.05, 0) is 29.7 Å². The molecule has 1 N–H and O–H groups in total. The summed E-state index contributed by atoms with van der Waals surface area (Å²) in [6.07, 6.45) is 4.56. The van der Waals surface area contributed by atoms with Crippen molar-refractivity contribution in [2.45, 2.75) is 25.9 Å². The highest BCUT2D eigenvalue weighted by Gasteiger charge is 2.45. The maximum atomic E-state index is 12.1. The van der Waals surface area contributed by atoms with Crippen LogP contribution in [0.25, 0.3) is 0 Å². The van der Waals surface area contributed by atoms with E-state index in [1.54, 1.807) is 23.0 Å². The number of nitrogens with one attached hydrogen (secondary N) is 1. The first-order valence-corrected chi connectivity index (χ1v) is 7.54. The number of aryl methyl sites for hydroxylation is 1. The van der Waals surface area contributed by atoms with Crippen LogP contribution in [0.3, 0.4) is 0 Å². The van der Waals surface area contributed by atoms with Gasteiger partial charge >= 0.3 is 5.97 Å². The smallest absolute Gasteiger partial charge is 0.309 e. The van der Waals surface area contributed by atoms with Crippen LogP contribution in [0.4, 0.5) is 5.69 Å². The first-order chi connectivity index (χ1) is 11.0. The van der Waals surface area contributed by atoms with Gasteiger partial charge in [0.15, 0.2) is 0 Å². The van der Waals surface area contributed by atoms with E-state index in [4.69, 9.17) is 4.74 Å². The van der Waals surface area contributed by atoms with Gasteiger partial charge in [0.25, 0.3) is 0 Å². The zero-order valence-corrected chi connectivity index (χ0v) is 13.2. The van der Waals surface area contributed by atoms with Crippen molar-refractivity contribution in [1.29, 1.82) is 0 Å². The van der Waals surface area contributed by atoms with Crippen molar-refractivity contribution in [3.05, 3.63) is 47.8 Å². The molecular formula is C17H19N3O3. The minimum atomic E-state index is -0.177. The molecule has 1 amide bonds. The number of anilines is 1. The maximum absolute atomic E-state index is 12.1. The lowest BCUT2D eigenvalue weighted by Gasteiger charge is -2.07. The summed E-state index contributed by atoms with van der Waals surface area (Å²) in [5.74, 6) is -0.153. The third-order valence-electron chi connectivity index (χ3n) is 3.87. The first-order valence-electron chi connectivity index (χ1n) is 7.54. The molecule has 0 unspecified atom stereocenters. The van der Waals surface area contributed by atoms with E-state index in [0.29, 0.717) is 5.69 Å². The number of nitrogens with zero attached hydrogens (tertiary/aromatic N) is 2. The molecule has 3 rings (SSSR count). The van der Waals surface area contributed by atoms with Crippen LogP contribution in [-0.4, -0.2) is 21.7 Å². The first kappa shape index (κ1) is 15.3. The van der Waals surface area contributed by atoms with Crippen molar-refractivity contribution in [1.82, 2.24) is 9.78 Å². The monoisotopic (exact) mass is 313 g/mol. The fourth-order valence-corrected chi connectivity index (χ4v) is 2.66. The molecule has 1 aromatic heterocycles. The average Bonchev–Trinajstić information content (AvgIpc) is 3.19. The Morgan fingerprint density at radius 1 is 1.43 bits per heavy atom. The Morgan fingerprint density at radius 3 is 2.96 bits per heavy atom. The average molecular weight is 313 g/mol. The van der Waals surface area contributed by atoms with Gasteiger partial charge in [0, 0.05) is 31.8 Å². The van der Waals surface area contributed by atoms with Gasteiger partial charge in [0.05, 0.1) is 12.1 Å². The van der Waals surface area contributed by atoms with Crippen LogP contribution in [0.1, 0.15) is 30.4 Å². The molecule has 2 aromatic rings. The van der Waals surface area contributed by atoms with E-state index in [1.807, 2.05) is 25.4 Å². The Labute approximate surface area is 134 Å². The van der Waals surface area contributed by atoms with Crippen molar-refractivity contribution >= 4 is 17.6 Å². The van der Waals surface area contributed by atoms with Crippen LogP contribution in [0.2, 0.25) is 0 Å². The fourth-order valence-electron chi connectivity index (χ4n) is 2.66. The molecule has 6 heteroatoms. The van der Waals surface area contributed by atoms with Crippen LogP contribution in [-0.2, 0) is 28.0 Å². The highest BCUT2D eigenvalue weighted by molar-refractivity contribution is 5.88. The predicted molar refractivity (Wildman–Crippen MR) is 84.6 cm³/mol. The Morgan fingerprint density at radius 2 is 2.26 bits per heavy atom. The maximum Gasteiger partial charge on any atom is 0.309 e. The number of benzene rings is 1. The quantitative estimate of drug-likeness (QED) is 0.859. The molecule has 1 aliphatic carbocycles. The van der Waals surface area contributed by atoms with Crippen molar-refractivity contribution in [2.24, 2.45) is 13.0 Å². The third kappa shape index (κ3) is 3.77. The Balaban J connectivity index is 1.53. The van der Waals surface area contributed by atoms with E-state index < -0.39 is 0 Å². The topological polar surface area (TPSA) is 73.2 Å². The number of amides is 1. The van der Waals surface area contributed by atoms with Gasteiger partial charge in [-0.15, -0.1) is 0 Å². The molecule has 1 aromatic carbocycles. The normalized spacial score (nSPS) is 19.2. The predicted octanol–water partition coefficient (Wildman–Crippen LogP) is 2.23. The third-order valence-corrected chi connectivity index (χ3v) is 3.87. The fraction of sp³-hybridized carbons (Fsp3) is 0.353. The van der Waals surface area contributed by atoms with Crippen molar-refractivity contribution in [3.63, 3.8) is 0 Å². The molecular weight excluding hydrogens is 294 g/mol. The lowest BCUT2D eigenvalue weighted by Crippen LogP contribution is -2.09. The van der Waals surface area contributed by atoms with Gasteiger partial charge in [0.1, 0.15) is 6.61 Å². The van der Waals surface area contributed by atoms with Crippen LogP contribution >= 0.6 is 0 Å². The molecule has 1 saturated carbocycles. The van der Waals surface area contributed by atoms with Gasteiger partial charge in [-0.25, -0.2) is 0 Å². The van der Waals surface area contributed by atoms with E-state index >= 15 is 0 Å². The van der Waals surface area contributed by atoms with Gasteiger partial charge < -0.3 is 10.1 Å². The summed E-state index contributed by atoms with van der Waals surface area (Å²) in [7, 11) is 1.86. The van der Waals surface area contributed by atoms with Crippen molar-refractivity contribution in [3.8, 4) is 0 Å². The van der Waals surface area contributed by atoms with E-state index in [0.717, 1.165) is 17.5 Å². The summed E-state index contributed by atoms with van der Waals surface area (Å²) >= 11 is 0. The van der Waals surface area contributed by atoms with Crippen LogP contribution in [0.15, 0.2) is 36.7 Å². The van der Waals surface area contributed by atoms with Gasteiger partial charge in [-0.3, -0.25) is 14.3 Å². The minimum Gasteiger partial charge on any atom is -0.461 e. The number of carbonyl (C=O) groups is 2. The van der Waals surface area contributed by atoms with Crippen molar-refractivity contribution in [2.75, 3.05) is 5.32 Å². The molecule has 0 radical (unpaired) electrons. The molecule has 0 spiro atoms. The highest BCUT2D eigenvalue weighted by atomic mass is 16.5. The van der Waals surface area contributed by atoms with E-state index in [1.165, 1.54) is 6.92 Å². The molecule has 1 aliphatic rings. The Kier molecular flexibility index (Phi) is 4.14. The highest BCUT2D eigenvalue weighted by Crippen LogP contribution is 2.48. The lowest BCUT2D eigenvalue weighted by molar-refractivity contribution is -0.146. The molecule has 0 saturated heterocycles. The second-order valence-corrected chi connectivity index (χ2v) is 5.89.